The van der Waals surface area contributed by atoms with Crippen molar-refractivity contribution in [3.05, 3.63) is 24.3 Å². The van der Waals surface area contributed by atoms with Gasteiger partial charge in [0.2, 0.25) is 0 Å². The molecule has 7 heteroatoms. The van der Waals surface area contributed by atoms with Crippen molar-refractivity contribution >= 4 is 27.5 Å². The zero-order valence-electron chi connectivity index (χ0n) is 11.6. The van der Waals surface area contributed by atoms with Gasteiger partial charge in [-0.2, -0.15) is 0 Å². The number of hydrogen-bond donors (Lipinski definition) is 1. The summed E-state index contributed by atoms with van der Waals surface area (Å²) in [7, 11) is -3.03. The summed E-state index contributed by atoms with van der Waals surface area (Å²) in [5.41, 5.74) is 0. The standard InChI is InChI=1S/C14H17NO4S2/c1-9-7-21(17,18)8-10(9)15-14(16)12-6-20-13-5-3-2-4-11(13)19-12/h2-5,9-10,12H,6-8H2,1H3,(H,15,16)/t9-,10+,12?/m0/s1. The minimum atomic E-state index is -3.03. The van der Waals surface area contributed by atoms with Crippen LogP contribution in [0.1, 0.15) is 6.92 Å². The Morgan fingerprint density at radius 1 is 1.33 bits per heavy atom. The lowest BCUT2D eigenvalue weighted by Crippen LogP contribution is -2.48. The van der Waals surface area contributed by atoms with Gasteiger partial charge in [0.1, 0.15) is 5.75 Å². The normalized spacial score (nSPS) is 30.2. The van der Waals surface area contributed by atoms with Crippen LogP contribution in [0.4, 0.5) is 0 Å². The average molecular weight is 327 g/mol. The Kier molecular flexibility index (Phi) is 3.88. The molecule has 1 amide bonds. The van der Waals surface area contributed by atoms with Crippen LogP contribution in [-0.2, 0) is 14.6 Å². The Morgan fingerprint density at radius 3 is 2.81 bits per heavy atom. The quantitative estimate of drug-likeness (QED) is 0.880. The number of amides is 1. The number of para-hydroxylation sites is 1. The first kappa shape index (κ1) is 14.7. The summed E-state index contributed by atoms with van der Waals surface area (Å²) in [5, 5.41) is 2.83. The molecule has 5 nitrogen and oxygen atoms in total. The minimum Gasteiger partial charge on any atom is -0.479 e. The lowest BCUT2D eigenvalue weighted by atomic mass is 10.1. The van der Waals surface area contributed by atoms with Crippen molar-refractivity contribution in [1.29, 1.82) is 0 Å². The zero-order valence-corrected chi connectivity index (χ0v) is 13.2. The van der Waals surface area contributed by atoms with Crippen LogP contribution in [0.3, 0.4) is 0 Å². The van der Waals surface area contributed by atoms with Crippen LogP contribution in [-0.4, -0.2) is 43.7 Å². The molecule has 1 unspecified atom stereocenters. The van der Waals surface area contributed by atoms with E-state index in [1.165, 1.54) is 0 Å². The number of thioether (sulfide) groups is 1. The molecule has 1 aromatic rings. The lowest BCUT2D eigenvalue weighted by Gasteiger charge is -2.26. The number of carbonyl (C=O) groups excluding carboxylic acids is 1. The number of fused-ring (bicyclic) bond motifs is 1. The van der Waals surface area contributed by atoms with Crippen molar-refractivity contribution < 1.29 is 17.9 Å². The van der Waals surface area contributed by atoms with Crippen LogP contribution in [0.2, 0.25) is 0 Å². The summed E-state index contributed by atoms with van der Waals surface area (Å²) in [5.74, 6) is 1.13. The molecule has 114 valence electrons. The van der Waals surface area contributed by atoms with Gasteiger partial charge in [-0.1, -0.05) is 19.1 Å². The van der Waals surface area contributed by atoms with Gasteiger partial charge in [0.25, 0.3) is 5.91 Å². The highest BCUT2D eigenvalue weighted by atomic mass is 32.2. The van der Waals surface area contributed by atoms with Crippen molar-refractivity contribution in [3.63, 3.8) is 0 Å². The maximum absolute atomic E-state index is 12.3. The summed E-state index contributed by atoms with van der Waals surface area (Å²) in [6.45, 7) is 1.85. The van der Waals surface area contributed by atoms with E-state index < -0.39 is 15.9 Å². The molecule has 21 heavy (non-hydrogen) atoms. The van der Waals surface area contributed by atoms with E-state index in [1.807, 2.05) is 31.2 Å². The lowest BCUT2D eigenvalue weighted by molar-refractivity contribution is -0.128. The molecule has 1 aromatic carbocycles. The van der Waals surface area contributed by atoms with E-state index >= 15 is 0 Å². The van der Waals surface area contributed by atoms with Crippen LogP contribution in [0.5, 0.6) is 5.75 Å². The smallest absolute Gasteiger partial charge is 0.262 e. The van der Waals surface area contributed by atoms with Crippen LogP contribution < -0.4 is 10.1 Å². The molecule has 0 aromatic heterocycles. The summed E-state index contributed by atoms with van der Waals surface area (Å²) in [4.78, 5) is 13.3. The van der Waals surface area contributed by atoms with Crippen molar-refractivity contribution in [3.8, 4) is 5.75 Å². The summed E-state index contributed by atoms with van der Waals surface area (Å²) in [6.07, 6.45) is -0.569. The Balaban J connectivity index is 1.65. The monoisotopic (exact) mass is 327 g/mol. The van der Waals surface area contributed by atoms with Gasteiger partial charge < -0.3 is 10.1 Å². The fourth-order valence-corrected chi connectivity index (χ4v) is 5.74. The van der Waals surface area contributed by atoms with E-state index in [9.17, 15) is 13.2 Å². The molecule has 2 heterocycles. The zero-order chi connectivity index (χ0) is 15.0. The molecule has 0 bridgehead atoms. The molecule has 2 aliphatic rings. The topological polar surface area (TPSA) is 72.5 Å². The highest BCUT2D eigenvalue weighted by Crippen LogP contribution is 2.35. The number of hydrogen-bond acceptors (Lipinski definition) is 5. The van der Waals surface area contributed by atoms with E-state index in [1.54, 1.807) is 11.8 Å². The third-order valence-corrected chi connectivity index (χ3v) is 6.78. The molecule has 3 rings (SSSR count). The SMILES string of the molecule is C[C@H]1CS(=O)(=O)C[C@H]1NC(=O)C1CSc2ccccc2O1. The summed E-state index contributed by atoms with van der Waals surface area (Å²) < 4.78 is 28.9. The summed E-state index contributed by atoms with van der Waals surface area (Å²) >= 11 is 1.58. The molecule has 1 fully saturated rings. The van der Waals surface area contributed by atoms with Gasteiger partial charge in [0, 0.05) is 16.7 Å². The Hall–Kier alpha value is -1.21. The Morgan fingerprint density at radius 2 is 2.10 bits per heavy atom. The third-order valence-electron chi connectivity index (χ3n) is 3.77. The van der Waals surface area contributed by atoms with Crippen molar-refractivity contribution in [2.45, 2.75) is 24.0 Å². The largest absolute Gasteiger partial charge is 0.479 e. The fourth-order valence-electron chi connectivity index (χ4n) is 2.63. The molecule has 2 aliphatic heterocycles. The highest BCUT2D eigenvalue weighted by molar-refractivity contribution is 7.99. The first-order valence-corrected chi connectivity index (χ1v) is 9.64. The molecular formula is C14H17NO4S2. The van der Waals surface area contributed by atoms with E-state index in [-0.39, 0.29) is 29.4 Å². The molecule has 0 aliphatic carbocycles. The number of nitrogens with one attached hydrogen (secondary N) is 1. The van der Waals surface area contributed by atoms with Gasteiger partial charge in [-0.25, -0.2) is 8.42 Å². The number of ether oxygens (including phenoxy) is 1. The maximum Gasteiger partial charge on any atom is 0.262 e. The maximum atomic E-state index is 12.3. The minimum absolute atomic E-state index is 0.0242. The van der Waals surface area contributed by atoms with E-state index in [0.29, 0.717) is 11.5 Å². The predicted molar refractivity (Wildman–Crippen MR) is 81.3 cm³/mol. The molecular weight excluding hydrogens is 310 g/mol. The molecule has 1 N–H and O–H groups in total. The van der Waals surface area contributed by atoms with Crippen molar-refractivity contribution in [2.24, 2.45) is 5.92 Å². The van der Waals surface area contributed by atoms with Crippen molar-refractivity contribution in [1.82, 2.24) is 5.32 Å². The second-order valence-electron chi connectivity index (χ2n) is 5.53. The predicted octanol–water partition coefficient (Wildman–Crippen LogP) is 1.09. The van der Waals surface area contributed by atoms with Crippen molar-refractivity contribution in [2.75, 3.05) is 17.3 Å². The Labute approximate surface area is 128 Å². The van der Waals surface area contributed by atoms with Gasteiger partial charge in [-0.3, -0.25) is 4.79 Å². The number of carbonyl (C=O) groups is 1. The van der Waals surface area contributed by atoms with Gasteiger partial charge in [0.05, 0.1) is 11.5 Å². The van der Waals surface area contributed by atoms with Crippen LogP contribution in [0, 0.1) is 5.92 Å². The third kappa shape index (κ3) is 3.18. The van der Waals surface area contributed by atoms with Crippen LogP contribution in [0.15, 0.2) is 29.2 Å². The molecule has 1 saturated heterocycles. The Bertz CT molecular complexity index is 659. The van der Waals surface area contributed by atoms with E-state index in [4.69, 9.17) is 4.74 Å². The molecule has 0 radical (unpaired) electrons. The molecule has 0 spiro atoms. The second kappa shape index (κ2) is 5.53. The molecule has 3 atom stereocenters. The second-order valence-corrected chi connectivity index (χ2v) is 8.75. The van der Waals surface area contributed by atoms with E-state index in [2.05, 4.69) is 5.32 Å². The average Bonchev–Trinajstić information content (AvgIpc) is 2.70. The molecule has 0 saturated carbocycles. The number of sulfone groups is 1. The van der Waals surface area contributed by atoms with Gasteiger partial charge >= 0.3 is 0 Å². The first-order valence-electron chi connectivity index (χ1n) is 6.84. The van der Waals surface area contributed by atoms with Crippen LogP contribution in [0.25, 0.3) is 0 Å². The number of benzene rings is 1. The summed E-state index contributed by atoms with van der Waals surface area (Å²) in [6, 6.07) is 7.28. The van der Waals surface area contributed by atoms with Crippen LogP contribution >= 0.6 is 11.8 Å². The van der Waals surface area contributed by atoms with Gasteiger partial charge in [-0.05, 0) is 18.1 Å². The number of rotatable bonds is 2. The van der Waals surface area contributed by atoms with Gasteiger partial charge in [0.15, 0.2) is 15.9 Å². The van der Waals surface area contributed by atoms with E-state index in [0.717, 1.165) is 4.90 Å². The first-order chi connectivity index (χ1) is 9.94. The fraction of sp³-hybridized carbons (Fsp3) is 0.500. The highest BCUT2D eigenvalue weighted by Gasteiger charge is 2.37. The van der Waals surface area contributed by atoms with Gasteiger partial charge in [-0.15, -0.1) is 11.8 Å².